The van der Waals surface area contributed by atoms with Crippen molar-refractivity contribution in [3.05, 3.63) is 35.4 Å². The average molecular weight is 218 g/mol. The molecule has 0 aliphatic carbocycles. The molecular formula is C14H22N2. The van der Waals surface area contributed by atoms with E-state index in [1.54, 1.807) is 0 Å². The summed E-state index contributed by atoms with van der Waals surface area (Å²) in [7, 11) is 0. The van der Waals surface area contributed by atoms with Crippen LogP contribution in [0.2, 0.25) is 0 Å². The maximum atomic E-state index is 6.30. The van der Waals surface area contributed by atoms with E-state index >= 15 is 0 Å². The molecule has 1 aromatic carbocycles. The number of hydrogen-bond acceptors (Lipinski definition) is 2. The number of likely N-dealkylation sites (N-methyl/N-ethyl adjacent to an activating group) is 1. The largest absolute Gasteiger partial charge is 0.326 e. The van der Waals surface area contributed by atoms with Crippen LogP contribution in [0.15, 0.2) is 24.3 Å². The molecule has 2 heteroatoms. The second kappa shape index (κ2) is 4.98. The zero-order valence-corrected chi connectivity index (χ0v) is 10.3. The highest BCUT2D eigenvalue weighted by Crippen LogP contribution is 2.31. The summed E-state index contributed by atoms with van der Waals surface area (Å²) < 4.78 is 0. The van der Waals surface area contributed by atoms with Crippen molar-refractivity contribution in [3.63, 3.8) is 0 Å². The Morgan fingerprint density at radius 1 is 1.38 bits per heavy atom. The van der Waals surface area contributed by atoms with Gasteiger partial charge in [0.2, 0.25) is 0 Å². The van der Waals surface area contributed by atoms with Gasteiger partial charge >= 0.3 is 0 Å². The van der Waals surface area contributed by atoms with E-state index < -0.39 is 0 Å². The summed E-state index contributed by atoms with van der Waals surface area (Å²) in [6.45, 7) is 6.68. The van der Waals surface area contributed by atoms with Gasteiger partial charge in [0.1, 0.15) is 0 Å². The van der Waals surface area contributed by atoms with Crippen LogP contribution in [0, 0.1) is 6.92 Å². The zero-order valence-electron chi connectivity index (χ0n) is 10.3. The van der Waals surface area contributed by atoms with Crippen LogP contribution in [0.4, 0.5) is 0 Å². The van der Waals surface area contributed by atoms with Crippen LogP contribution in [0.3, 0.4) is 0 Å². The van der Waals surface area contributed by atoms with Gasteiger partial charge in [-0.3, -0.25) is 4.90 Å². The Hall–Kier alpha value is -0.860. The van der Waals surface area contributed by atoms with E-state index in [1.807, 2.05) is 0 Å². The van der Waals surface area contributed by atoms with E-state index in [2.05, 4.69) is 43.0 Å². The van der Waals surface area contributed by atoms with Gasteiger partial charge in [-0.15, -0.1) is 0 Å². The number of piperidine rings is 1. The number of likely N-dealkylation sites (tertiary alicyclic amines) is 1. The van der Waals surface area contributed by atoms with Crippen LogP contribution in [0.1, 0.15) is 36.9 Å². The smallest absolute Gasteiger partial charge is 0.0501 e. The molecule has 2 nitrogen and oxygen atoms in total. The number of rotatable bonds is 2. The first-order valence-electron chi connectivity index (χ1n) is 6.29. The normalized spacial score (nSPS) is 26.9. The lowest BCUT2D eigenvalue weighted by Gasteiger charge is -2.40. The number of benzene rings is 1. The fourth-order valence-corrected chi connectivity index (χ4v) is 2.80. The molecule has 16 heavy (non-hydrogen) atoms. The van der Waals surface area contributed by atoms with Crippen LogP contribution in [-0.2, 0) is 0 Å². The molecule has 1 heterocycles. The third-order valence-corrected chi connectivity index (χ3v) is 3.70. The highest BCUT2D eigenvalue weighted by atomic mass is 15.2. The minimum Gasteiger partial charge on any atom is -0.326 e. The molecule has 2 unspecified atom stereocenters. The molecule has 1 fully saturated rings. The molecule has 0 saturated carbocycles. The quantitative estimate of drug-likeness (QED) is 0.826. The third kappa shape index (κ3) is 2.13. The lowest BCUT2D eigenvalue weighted by atomic mass is 9.89. The predicted molar refractivity (Wildman–Crippen MR) is 68.4 cm³/mol. The molecular weight excluding hydrogens is 196 g/mol. The second-order valence-electron chi connectivity index (χ2n) is 4.74. The molecule has 0 amide bonds. The van der Waals surface area contributed by atoms with Gasteiger partial charge in [0, 0.05) is 6.04 Å². The summed E-state index contributed by atoms with van der Waals surface area (Å²) in [6, 6.07) is 9.34. The van der Waals surface area contributed by atoms with Crippen LogP contribution in [-0.4, -0.2) is 24.0 Å². The van der Waals surface area contributed by atoms with Gasteiger partial charge in [-0.2, -0.15) is 0 Å². The van der Waals surface area contributed by atoms with Crippen molar-refractivity contribution in [1.29, 1.82) is 0 Å². The molecule has 1 aromatic rings. The van der Waals surface area contributed by atoms with E-state index in [9.17, 15) is 0 Å². The Kier molecular flexibility index (Phi) is 3.62. The number of nitrogens with two attached hydrogens (primary N) is 1. The summed E-state index contributed by atoms with van der Waals surface area (Å²) >= 11 is 0. The molecule has 2 rings (SSSR count). The molecule has 0 bridgehead atoms. The van der Waals surface area contributed by atoms with Crippen molar-refractivity contribution in [1.82, 2.24) is 4.90 Å². The van der Waals surface area contributed by atoms with Gasteiger partial charge in [0.15, 0.2) is 0 Å². The lowest BCUT2D eigenvalue weighted by Crippen LogP contribution is -2.45. The van der Waals surface area contributed by atoms with Crippen molar-refractivity contribution in [3.8, 4) is 0 Å². The molecule has 1 saturated heterocycles. The first-order valence-corrected chi connectivity index (χ1v) is 6.29. The highest BCUT2D eigenvalue weighted by Gasteiger charge is 2.29. The Balaban J connectivity index is 2.32. The van der Waals surface area contributed by atoms with Gasteiger partial charge in [0.05, 0.1) is 6.04 Å². The topological polar surface area (TPSA) is 29.3 Å². The van der Waals surface area contributed by atoms with Gasteiger partial charge in [-0.05, 0) is 44.0 Å². The monoisotopic (exact) mass is 218 g/mol. The maximum Gasteiger partial charge on any atom is 0.0501 e. The van der Waals surface area contributed by atoms with Crippen molar-refractivity contribution < 1.29 is 0 Å². The van der Waals surface area contributed by atoms with E-state index in [0.717, 1.165) is 13.0 Å². The number of hydrogen-bond donors (Lipinski definition) is 1. The van der Waals surface area contributed by atoms with E-state index in [4.69, 9.17) is 5.73 Å². The zero-order chi connectivity index (χ0) is 11.5. The summed E-state index contributed by atoms with van der Waals surface area (Å²) in [4.78, 5) is 2.51. The van der Waals surface area contributed by atoms with Gasteiger partial charge in [-0.25, -0.2) is 0 Å². The molecule has 88 valence electrons. The van der Waals surface area contributed by atoms with Crippen LogP contribution >= 0.6 is 0 Å². The second-order valence-corrected chi connectivity index (χ2v) is 4.74. The summed E-state index contributed by atoms with van der Waals surface area (Å²) in [5.74, 6) is 0. The van der Waals surface area contributed by atoms with Crippen molar-refractivity contribution in [2.45, 2.75) is 38.8 Å². The fourth-order valence-electron chi connectivity index (χ4n) is 2.80. The fraction of sp³-hybridized carbons (Fsp3) is 0.571. The molecule has 2 N–H and O–H groups in total. The Labute approximate surface area is 98.4 Å². The SMILES string of the molecule is CCN1CCCC(N)C1c1ccccc1C. The minimum atomic E-state index is 0.287. The molecule has 2 atom stereocenters. The summed E-state index contributed by atoms with van der Waals surface area (Å²) in [5, 5.41) is 0. The molecule has 0 aromatic heterocycles. The van der Waals surface area contributed by atoms with Gasteiger partial charge in [-0.1, -0.05) is 31.2 Å². The van der Waals surface area contributed by atoms with Crippen LogP contribution in [0.5, 0.6) is 0 Å². The predicted octanol–water partition coefficient (Wildman–Crippen LogP) is 2.48. The molecule has 0 spiro atoms. The first kappa shape index (κ1) is 11.6. The van der Waals surface area contributed by atoms with Crippen molar-refractivity contribution in [2.75, 3.05) is 13.1 Å². The minimum absolute atomic E-state index is 0.287. The molecule has 0 radical (unpaired) electrons. The number of nitrogens with zero attached hydrogens (tertiary/aromatic N) is 1. The van der Waals surface area contributed by atoms with E-state index in [-0.39, 0.29) is 6.04 Å². The Morgan fingerprint density at radius 3 is 2.81 bits per heavy atom. The lowest BCUT2D eigenvalue weighted by molar-refractivity contribution is 0.135. The summed E-state index contributed by atoms with van der Waals surface area (Å²) in [6.07, 6.45) is 2.38. The maximum absolute atomic E-state index is 6.30. The Morgan fingerprint density at radius 2 is 2.12 bits per heavy atom. The average Bonchev–Trinajstić information content (AvgIpc) is 2.30. The van der Waals surface area contributed by atoms with Crippen LogP contribution < -0.4 is 5.73 Å². The Bertz CT molecular complexity index is 348. The third-order valence-electron chi connectivity index (χ3n) is 3.70. The van der Waals surface area contributed by atoms with Crippen molar-refractivity contribution >= 4 is 0 Å². The number of aryl methyl sites for hydroxylation is 1. The highest BCUT2D eigenvalue weighted by molar-refractivity contribution is 5.30. The van der Waals surface area contributed by atoms with Gasteiger partial charge in [0.25, 0.3) is 0 Å². The van der Waals surface area contributed by atoms with Crippen molar-refractivity contribution in [2.24, 2.45) is 5.73 Å². The first-order chi connectivity index (χ1) is 7.74. The standard InChI is InChI=1S/C14H22N2/c1-3-16-10-6-9-13(15)14(16)12-8-5-4-7-11(12)2/h4-5,7-8,13-14H,3,6,9-10,15H2,1-2H3. The van der Waals surface area contributed by atoms with Gasteiger partial charge < -0.3 is 5.73 Å². The van der Waals surface area contributed by atoms with Crippen LogP contribution in [0.25, 0.3) is 0 Å². The molecule has 1 aliphatic rings. The van der Waals surface area contributed by atoms with E-state index in [0.29, 0.717) is 6.04 Å². The molecule has 1 aliphatic heterocycles. The summed E-state index contributed by atoms with van der Waals surface area (Å²) in [5.41, 5.74) is 9.08. The van der Waals surface area contributed by atoms with E-state index in [1.165, 1.54) is 24.1 Å².